The first-order chi connectivity index (χ1) is 8.24. The SMILES string of the molecule is Fc1cc2nc(-c3cnccn3)[nH]c2cc1F. The third-order valence-corrected chi connectivity index (χ3v) is 2.33. The lowest BCUT2D eigenvalue weighted by molar-refractivity contribution is 0.510. The minimum Gasteiger partial charge on any atom is -0.337 e. The summed E-state index contributed by atoms with van der Waals surface area (Å²) >= 11 is 0. The monoisotopic (exact) mass is 232 g/mol. The minimum absolute atomic E-state index is 0.351. The molecule has 0 amide bonds. The van der Waals surface area contributed by atoms with E-state index in [1.54, 1.807) is 0 Å². The molecule has 6 heteroatoms. The maximum Gasteiger partial charge on any atom is 0.161 e. The summed E-state index contributed by atoms with van der Waals surface area (Å²) in [5.74, 6) is -1.40. The van der Waals surface area contributed by atoms with E-state index in [4.69, 9.17) is 0 Å². The van der Waals surface area contributed by atoms with Gasteiger partial charge >= 0.3 is 0 Å². The molecule has 84 valence electrons. The Bertz CT molecular complexity index is 640. The highest BCUT2D eigenvalue weighted by Crippen LogP contribution is 2.20. The summed E-state index contributed by atoms with van der Waals surface area (Å²) in [6, 6.07) is 2.11. The van der Waals surface area contributed by atoms with Crippen molar-refractivity contribution in [3.05, 3.63) is 42.4 Å². The molecule has 17 heavy (non-hydrogen) atoms. The smallest absolute Gasteiger partial charge is 0.161 e. The molecule has 1 aromatic carbocycles. The van der Waals surface area contributed by atoms with E-state index in [9.17, 15) is 8.78 Å². The van der Waals surface area contributed by atoms with Crippen LogP contribution in [0.2, 0.25) is 0 Å². The summed E-state index contributed by atoms with van der Waals surface area (Å²) in [7, 11) is 0. The quantitative estimate of drug-likeness (QED) is 0.700. The molecule has 2 heterocycles. The number of aromatic amines is 1. The second-order valence-corrected chi connectivity index (χ2v) is 3.46. The number of nitrogens with zero attached hydrogens (tertiary/aromatic N) is 3. The highest BCUT2D eigenvalue weighted by molar-refractivity contribution is 5.78. The molecular formula is C11H6F2N4. The van der Waals surface area contributed by atoms with Crippen LogP contribution in [0.25, 0.3) is 22.6 Å². The lowest BCUT2D eigenvalue weighted by Crippen LogP contribution is -1.85. The number of aromatic nitrogens is 4. The third kappa shape index (κ3) is 1.63. The van der Waals surface area contributed by atoms with Gasteiger partial charge in [0.15, 0.2) is 17.5 Å². The minimum atomic E-state index is -0.922. The lowest BCUT2D eigenvalue weighted by atomic mass is 10.3. The van der Waals surface area contributed by atoms with Crippen molar-refractivity contribution in [2.75, 3.05) is 0 Å². The molecule has 0 unspecified atom stereocenters. The van der Waals surface area contributed by atoms with Gasteiger partial charge < -0.3 is 4.98 Å². The van der Waals surface area contributed by atoms with Crippen LogP contribution in [0.3, 0.4) is 0 Å². The van der Waals surface area contributed by atoms with Gasteiger partial charge in [0, 0.05) is 24.5 Å². The van der Waals surface area contributed by atoms with E-state index in [-0.39, 0.29) is 0 Å². The zero-order chi connectivity index (χ0) is 11.8. The van der Waals surface area contributed by atoms with Crippen LogP contribution in [0.4, 0.5) is 8.78 Å². The van der Waals surface area contributed by atoms with Gasteiger partial charge in [-0.05, 0) is 0 Å². The second kappa shape index (κ2) is 3.58. The van der Waals surface area contributed by atoms with Crippen LogP contribution in [0.1, 0.15) is 0 Å². The zero-order valence-electron chi connectivity index (χ0n) is 8.48. The normalized spacial score (nSPS) is 10.9. The van der Waals surface area contributed by atoms with E-state index in [1.807, 2.05) is 0 Å². The van der Waals surface area contributed by atoms with E-state index >= 15 is 0 Å². The molecule has 0 bridgehead atoms. The lowest BCUT2D eigenvalue weighted by Gasteiger charge is -1.91. The van der Waals surface area contributed by atoms with Crippen molar-refractivity contribution in [3.63, 3.8) is 0 Å². The fourth-order valence-corrected chi connectivity index (χ4v) is 1.55. The Hall–Kier alpha value is -2.37. The summed E-state index contributed by atoms with van der Waals surface area (Å²) in [6.07, 6.45) is 4.57. The first-order valence-electron chi connectivity index (χ1n) is 4.85. The summed E-state index contributed by atoms with van der Waals surface area (Å²) in [4.78, 5) is 14.9. The van der Waals surface area contributed by atoms with Crippen LogP contribution in [0.5, 0.6) is 0 Å². The van der Waals surface area contributed by atoms with E-state index in [0.29, 0.717) is 22.6 Å². The molecule has 0 fully saturated rings. The molecule has 0 radical (unpaired) electrons. The first-order valence-corrected chi connectivity index (χ1v) is 4.85. The number of nitrogens with one attached hydrogen (secondary N) is 1. The Labute approximate surface area is 94.4 Å². The van der Waals surface area contributed by atoms with Crippen LogP contribution in [-0.2, 0) is 0 Å². The molecule has 0 atom stereocenters. The van der Waals surface area contributed by atoms with Crippen LogP contribution < -0.4 is 0 Å². The number of fused-ring (bicyclic) bond motifs is 1. The van der Waals surface area contributed by atoms with Crippen molar-refractivity contribution in [1.82, 2.24) is 19.9 Å². The predicted molar refractivity (Wildman–Crippen MR) is 57.0 cm³/mol. The van der Waals surface area contributed by atoms with Gasteiger partial charge in [-0.2, -0.15) is 0 Å². The zero-order valence-corrected chi connectivity index (χ0v) is 8.48. The number of rotatable bonds is 1. The molecule has 2 aromatic heterocycles. The number of imidazole rings is 1. The van der Waals surface area contributed by atoms with Gasteiger partial charge in [0.05, 0.1) is 17.2 Å². The highest BCUT2D eigenvalue weighted by atomic mass is 19.2. The fraction of sp³-hybridized carbons (Fsp3) is 0. The van der Waals surface area contributed by atoms with Gasteiger partial charge in [-0.1, -0.05) is 0 Å². The van der Waals surface area contributed by atoms with Crippen LogP contribution in [0, 0.1) is 11.6 Å². The fourth-order valence-electron chi connectivity index (χ4n) is 1.55. The van der Waals surface area contributed by atoms with Crippen molar-refractivity contribution in [2.45, 2.75) is 0 Å². The third-order valence-electron chi connectivity index (χ3n) is 2.33. The van der Waals surface area contributed by atoms with E-state index in [1.165, 1.54) is 18.6 Å². The standard InChI is InChI=1S/C11H6F2N4/c12-6-3-8-9(4-7(6)13)17-11(16-8)10-5-14-1-2-15-10/h1-5H,(H,16,17). The molecule has 0 aliphatic heterocycles. The van der Waals surface area contributed by atoms with E-state index < -0.39 is 11.6 Å². The average molecular weight is 232 g/mol. The topological polar surface area (TPSA) is 54.5 Å². The van der Waals surface area contributed by atoms with Gasteiger partial charge in [-0.25, -0.2) is 18.7 Å². The van der Waals surface area contributed by atoms with Crippen LogP contribution >= 0.6 is 0 Å². The Kier molecular flexibility index (Phi) is 2.07. The second-order valence-electron chi connectivity index (χ2n) is 3.46. The van der Waals surface area contributed by atoms with Crippen molar-refractivity contribution >= 4 is 11.0 Å². The average Bonchev–Trinajstić information content (AvgIpc) is 2.74. The van der Waals surface area contributed by atoms with Crippen molar-refractivity contribution < 1.29 is 8.78 Å². The molecule has 3 aromatic rings. The number of halogens is 2. The van der Waals surface area contributed by atoms with Crippen LogP contribution in [0.15, 0.2) is 30.7 Å². The predicted octanol–water partition coefficient (Wildman–Crippen LogP) is 2.30. The summed E-state index contributed by atoms with van der Waals surface area (Å²) in [5.41, 5.74) is 1.29. The molecule has 1 N–H and O–H groups in total. The van der Waals surface area contributed by atoms with Crippen molar-refractivity contribution in [3.8, 4) is 11.5 Å². The first kappa shape index (κ1) is 9.83. The molecule has 0 saturated heterocycles. The molecular weight excluding hydrogens is 226 g/mol. The van der Waals surface area contributed by atoms with E-state index in [0.717, 1.165) is 12.1 Å². The maximum absolute atomic E-state index is 13.0. The molecule has 3 rings (SSSR count). The molecule has 0 spiro atoms. The Morgan fingerprint density at radius 1 is 1.06 bits per heavy atom. The van der Waals surface area contributed by atoms with Gasteiger partial charge in [0.2, 0.25) is 0 Å². The van der Waals surface area contributed by atoms with E-state index in [2.05, 4.69) is 19.9 Å². The largest absolute Gasteiger partial charge is 0.337 e. The Morgan fingerprint density at radius 3 is 2.65 bits per heavy atom. The van der Waals surface area contributed by atoms with Crippen LogP contribution in [-0.4, -0.2) is 19.9 Å². The summed E-state index contributed by atoms with van der Waals surface area (Å²) in [6.45, 7) is 0. The van der Waals surface area contributed by atoms with Gasteiger partial charge in [0.25, 0.3) is 0 Å². The number of hydrogen-bond donors (Lipinski definition) is 1. The van der Waals surface area contributed by atoms with Gasteiger partial charge in [-0.15, -0.1) is 0 Å². The Morgan fingerprint density at radius 2 is 1.88 bits per heavy atom. The summed E-state index contributed by atoms with van der Waals surface area (Å²) < 4.78 is 26.0. The summed E-state index contributed by atoms with van der Waals surface area (Å²) in [5, 5.41) is 0. The van der Waals surface area contributed by atoms with Gasteiger partial charge in [0.1, 0.15) is 5.69 Å². The Balaban J connectivity index is 2.21. The number of hydrogen-bond acceptors (Lipinski definition) is 3. The molecule has 0 aliphatic carbocycles. The number of H-pyrrole nitrogens is 1. The number of benzene rings is 1. The molecule has 0 aliphatic rings. The van der Waals surface area contributed by atoms with Crippen molar-refractivity contribution in [2.24, 2.45) is 0 Å². The maximum atomic E-state index is 13.0. The molecule has 0 saturated carbocycles. The van der Waals surface area contributed by atoms with Crippen molar-refractivity contribution in [1.29, 1.82) is 0 Å². The molecule has 4 nitrogen and oxygen atoms in total. The van der Waals surface area contributed by atoms with Gasteiger partial charge in [-0.3, -0.25) is 4.98 Å². The highest BCUT2D eigenvalue weighted by Gasteiger charge is 2.10.